The number of aliphatic hydroxyl groups excluding tert-OH is 1. The summed E-state index contributed by atoms with van der Waals surface area (Å²) < 4.78 is 34.7. The summed E-state index contributed by atoms with van der Waals surface area (Å²) in [4.78, 5) is 30.5. The molecule has 3 aliphatic rings. The molecule has 1 fully saturated rings. The first-order valence-electron chi connectivity index (χ1n) is 20.5. The van der Waals surface area contributed by atoms with E-state index in [1.54, 1.807) is 17.0 Å². The number of halogens is 2. The first-order valence-corrected chi connectivity index (χ1v) is 20.5. The molecule has 9 rings (SSSR count). The molecule has 0 unspecified atom stereocenters. The van der Waals surface area contributed by atoms with Gasteiger partial charge in [0, 0.05) is 23.1 Å². The Balaban J connectivity index is 1.21. The number of allylic oxidation sites excluding steroid dienone is 2. The van der Waals surface area contributed by atoms with Gasteiger partial charge in [0.2, 0.25) is 0 Å². The van der Waals surface area contributed by atoms with Crippen molar-refractivity contribution in [2.24, 2.45) is 5.41 Å². The second kappa shape index (κ2) is 16.5. The zero-order chi connectivity index (χ0) is 41.3. The summed E-state index contributed by atoms with van der Waals surface area (Å²) in [5, 5.41) is 28.2. The van der Waals surface area contributed by atoms with Crippen LogP contribution < -0.4 is 4.74 Å². The van der Waals surface area contributed by atoms with Crippen molar-refractivity contribution in [2.45, 2.75) is 83.0 Å². The van der Waals surface area contributed by atoms with Crippen molar-refractivity contribution >= 4 is 33.4 Å². The Morgan fingerprint density at radius 2 is 1.58 bits per heavy atom. The average molecular weight is 794 g/mol. The summed E-state index contributed by atoms with van der Waals surface area (Å²) in [5.41, 5.74) is 1.50. The van der Waals surface area contributed by atoms with Crippen LogP contribution in [-0.2, 0) is 13.0 Å². The van der Waals surface area contributed by atoms with Gasteiger partial charge in [-0.1, -0.05) is 104 Å². The molecule has 6 nitrogen and oxygen atoms in total. The van der Waals surface area contributed by atoms with Crippen LogP contribution in [0.3, 0.4) is 0 Å². The van der Waals surface area contributed by atoms with Gasteiger partial charge < -0.3 is 19.8 Å². The van der Waals surface area contributed by atoms with Gasteiger partial charge in [0.25, 0.3) is 0 Å². The zero-order valence-electron chi connectivity index (χ0n) is 33.5. The number of ether oxygens (including phenoxy) is 1. The molecule has 0 spiro atoms. The van der Waals surface area contributed by atoms with Crippen LogP contribution >= 0.6 is 0 Å². The van der Waals surface area contributed by atoms with Crippen LogP contribution in [0.1, 0.15) is 90.9 Å². The predicted octanol–water partition coefficient (Wildman–Crippen LogP) is 11.2. The highest BCUT2D eigenvalue weighted by Crippen LogP contribution is 2.59. The number of aliphatic hydroxyl groups is 2. The van der Waals surface area contributed by atoms with Crippen LogP contribution in [-0.4, -0.2) is 45.2 Å². The van der Waals surface area contributed by atoms with Crippen molar-refractivity contribution in [3.8, 4) is 5.75 Å². The lowest BCUT2D eigenvalue weighted by Crippen LogP contribution is -2.54. The Kier molecular flexibility index (Phi) is 11.2. The molecule has 3 aliphatic carbocycles. The highest BCUT2D eigenvalue weighted by molar-refractivity contribution is 6.10. The third-order valence-electron chi connectivity index (χ3n) is 13.0. The molecule has 0 saturated heterocycles. The summed E-state index contributed by atoms with van der Waals surface area (Å²) >= 11 is 0. The van der Waals surface area contributed by atoms with Gasteiger partial charge in [-0.15, -0.1) is 0 Å². The number of hydrogen-bond donors (Lipinski definition) is 2. The minimum atomic E-state index is -1.44. The third-order valence-corrected chi connectivity index (χ3v) is 13.0. The van der Waals surface area contributed by atoms with Gasteiger partial charge in [0.05, 0.1) is 18.2 Å². The number of benzene rings is 6. The predicted molar refractivity (Wildman–Crippen MR) is 228 cm³/mol. The molecule has 6 aromatic rings. The Labute approximate surface area is 343 Å². The maximum absolute atomic E-state index is 14.6. The molecule has 0 heterocycles. The van der Waals surface area contributed by atoms with Crippen molar-refractivity contribution in [1.82, 2.24) is 4.90 Å². The Morgan fingerprint density at radius 3 is 2.39 bits per heavy atom. The van der Waals surface area contributed by atoms with Crippen LogP contribution in [0.15, 0.2) is 133 Å². The largest absolute Gasteiger partial charge is 0.415 e. The number of hydrogen-bond acceptors (Lipinski definition) is 5. The highest BCUT2D eigenvalue weighted by Gasteiger charge is 2.58. The van der Waals surface area contributed by atoms with Crippen molar-refractivity contribution in [3.63, 3.8) is 0 Å². The third kappa shape index (κ3) is 8.17. The van der Waals surface area contributed by atoms with E-state index >= 15 is 0 Å². The molecule has 0 aliphatic heterocycles. The Bertz CT molecular complexity index is 2580. The van der Waals surface area contributed by atoms with Gasteiger partial charge in [-0.3, -0.25) is 4.79 Å². The molecule has 1 saturated carbocycles. The van der Waals surface area contributed by atoms with Crippen LogP contribution in [0.4, 0.5) is 13.6 Å². The number of amides is 1. The quantitative estimate of drug-likeness (QED) is 0.124. The van der Waals surface area contributed by atoms with Gasteiger partial charge in [0.15, 0.2) is 17.4 Å². The van der Waals surface area contributed by atoms with Crippen molar-refractivity contribution < 1.29 is 33.3 Å². The monoisotopic (exact) mass is 793 g/mol. The number of nitrogens with zero attached hydrogens (tertiary/aromatic N) is 1. The second-order valence-corrected chi connectivity index (χ2v) is 16.8. The first-order chi connectivity index (χ1) is 28.4. The number of ketones is 1. The van der Waals surface area contributed by atoms with Crippen molar-refractivity contribution in [1.29, 1.82) is 0 Å². The van der Waals surface area contributed by atoms with E-state index in [9.17, 15) is 28.6 Å². The molecule has 6 aromatic carbocycles. The average Bonchev–Trinajstić information content (AvgIpc) is 3.48. The van der Waals surface area contributed by atoms with Gasteiger partial charge in [-0.2, -0.15) is 0 Å². The first kappa shape index (κ1) is 40.1. The molecule has 4 atom stereocenters. The fourth-order valence-electron chi connectivity index (χ4n) is 9.52. The molecule has 0 radical (unpaired) electrons. The summed E-state index contributed by atoms with van der Waals surface area (Å²) in [7, 11) is 0. The van der Waals surface area contributed by atoms with Crippen molar-refractivity contribution in [2.75, 3.05) is 6.54 Å². The van der Waals surface area contributed by atoms with Crippen molar-refractivity contribution in [3.05, 3.63) is 172 Å². The van der Waals surface area contributed by atoms with Gasteiger partial charge in [-0.05, 0) is 132 Å². The van der Waals surface area contributed by atoms with Gasteiger partial charge in [-0.25, -0.2) is 13.6 Å². The maximum atomic E-state index is 14.6. The van der Waals surface area contributed by atoms with Gasteiger partial charge in [0.1, 0.15) is 5.75 Å². The fourth-order valence-corrected chi connectivity index (χ4v) is 9.52. The van der Waals surface area contributed by atoms with E-state index in [2.05, 4.69) is 13.0 Å². The van der Waals surface area contributed by atoms with E-state index < -0.39 is 40.6 Å². The van der Waals surface area contributed by atoms with E-state index in [4.69, 9.17) is 4.74 Å². The molecular weight excluding hydrogens is 745 g/mol. The fraction of sp³-hybridized carbons (Fsp3) is 0.294. The summed E-state index contributed by atoms with van der Waals surface area (Å²) in [6.07, 6.45) is 4.43. The molecule has 59 heavy (non-hydrogen) atoms. The molecule has 8 heteroatoms. The van der Waals surface area contributed by atoms with Gasteiger partial charge >= 0.3 is 6.09 Å². The Hall–Kier alpha value is -5.70. The molecule has 2 N–H and O–H groups in total. The smallest absolute Gasteiger partial charge is 0.410 e. The van der Waals surface area contributed by atoms with Crippen LogP contribution in [0.5, 0.6) is 5.75 Å². The minimum Gasteiger partial charge on any atom is -0.410 e. The highest BCUT2D eigenvalue weighted by atomic mass is 19.2. The number of carbonyl (C=O) groups is 2. The normalized spacial score (nSPS) is 22.1. The lowest BCUT2D eigenvalue weighted by atomic mass is 9.64. The molecule has 2 bridgehead atoms. The minimum absolute atomic E-state index is 0.00943. The van der Waals surface area contributed by atoms with E-state index in [1.165, 1.54) is 6.07 Å². The standard InChI is InChI=1S/C51H49F2NO5/c1-33-9-8-25-50(2)45(43-22-17-34(27-40(55)20-16-33)28-44(43)48(56)38-19-23-46(52)47(53)30-38)24-26-51(50,58)32-54(31-39-14-7-13-36-11-5-6-15-42(36)39)49(57)59-41-21-18-35-10-3-4-12-37(35)29-41/h3-7,9-15,17-19,21-23,28-30,40,45,55,58H,8,16,20,24-27,31-32H2,1-2H3/t40-,45-,50-,51+/m0/s1. The van der Waals surface area contributed by atoms with E-state index in [-0.39, 0.29) is 24.6 Å². The van der Waals surface area contributed by atoms with E-state index in [0.29, 0.717) is 61.8 Å². The maximum Gasteiger partial charge on any atom is 0.415 e. The second-order valence-electron chi connectivity index (χ2n) is 16.8. The lowest BCUT2D eigenvalue weighted by molar-refractivity contribution is -0.0801. The van der Waals surface area contributed by atoms with Crippen LogP contribution in [0.25, 0.3) is 21.5 Å². The summed E-state index contributed by atoms with van der Waals surface area (Å²) in [6, 6.07) is 36.1. The zero-order valence-corrected chi connectivity index (χ0v) is 33.5. The molecule has 302 valence electrons. The summed E-state index contributed by atoms with van der Waals surface area (Å²) in [6.45, 7) is 4.23. The summed E-state index contributed by atoms with van der Waals surface area (Å²) in [5.74, 6) is -2.59. The molecule has 1 amide bonds. The molecular formula is C51H49F2NO5. The molecule has 0 aromatic heterocycles. The van der Waals surface area contributed by atoms with Crippen LogP contribution in [0.2, 0.25) is 0 Å². The van der Waals surface area contributed by atoms with Crippen LogP contribution in [0, 0.1) is 17.0 Å². The van der Waals surface area contributed by atoms with E-state index in [0.717, 1.165) is 50.4 Å². The SMILES string of the molecule is CC1=CCC[C@@]2(C)[C@@H](CC[C@@]2(O)CN(Cc2cccc3ccccc23)C(=O)Oc2ccc3ccccc3c2)c2ccc(cc2C(=O)c2ccc(F)c(F)c2)C[C@@H](O)CC1. The Morgan fingerprint density at radius 1 is 0.814 bits per heavy atom. The van der Waals surface area contributed by atoms with E-state index in [1.807, 2.05) is 97.9 Å². The topological polar surface area (TPSA) is 87.1 Å². The number of carbonyl (C=O) groups excluding carboxylic acids is 2. The lowest BCUT2D eigenvalue weighted by Gasteiger charge is -2.46. The number of rotatable bonds is 7. The number of fused-ring (bicyclic) bond motifs is 10.